The van der Waals surface area contributed by atoms with Gasteiger partial charge in [0.25, 0.3) is 0 Å². The second-order valence-electron chi connectivity index (χ2n) is 13.7. The lowest BCUT2D eigenvalue weighted by Crippen LogP contribution is -2.07. The van der Waals surface area contributed by atoms with Crippen molar-refractivity contribution in [3.05, 3.63) is 188 Å². The summed E-state index contributed by atoms with van der Waals surface area (Å²) in [6.45, 7) is 0. The van der Waals surface area contributed by atoms with Crippen LogP contribution in [-0.4, -0.2) is 24.1 Å². The van der Waals surface area contributed by atoms with Crippen molar-refractivity contribution in [2.75, 3.05) is 0 Å². The van der Waals surface area contributed by atoms with Crippen molar-refractivity contribution in [3.8, 4) is 45.5 Å². The predicted molar refractivity (Wildman–Crippen MR) is 222 cm³/mol. The molecule has 0 N–H and O–H groups in total. The maximum Gasteiger partial charge on any atom is 0.238 e. The minimum Gasteiger partial charge on any atom is -0.309 e. The van der Waals surface area contributed by atoms with Crippen LogP contribution in [0.4, 0.5) is 0 Å². The molecule has 0 radical (unpaired) electrons. The Morgan fingerprint density at radius 2 is 0.870 bits per heavy atom. The summed E-state index contributed by atoms with van der Waals surface area (Å²) in [6, 6.07) is 66.2. The maximum absolute atomic E-state index is 5.34. The van der Waals surface area contributed by atoms with E-state index in [2.05, 4.69) is 173 Å². The third-order valence-corrected chi connectivity index (χ3v) is 10.6. The van der Waals surface area contributed by atoms with Crippen LogP contribution in [0.15, 0.2) is 188 Å². The fourth-order valence-corrected chi connectivity index (χ4v) is 8.09. The highest BCUT2D eigenvalue weighted by Gasteiger charge is 2.21. The van der Waals surface area contributed by atoms with Crippen LogP contribution in [0.2, 0.25) is 0 Å². The molecule has 0 bridgehead atoms. The summed E-state index contributed by atoms with van der Waals surface area (Å²) < 4.78 is 4.62. The molecule has 11 aromatic rings. The molecule has 54 heavy (non-hydrogen) atoms. The van der Waals surface area contributed by atoms with Gasteiger partial charge in [0.15, 0.2) is 11.6 Å². The number of benzene rings is 8. The maximum atomic E-state index is 5.34. The van der Waals surface area contributed by atoms with Crippen LogP contribution < -0.4 is 0 Å². The van der Waals surface area contributed by atoms with E-state index in [-0.39, 0.29) is 0 Å². The van der Waals surface area contributed by atoms with Crippen molar-refractivity contribution in [1.29, 1.82) is 0 Å². The molecule has 0 fully saturated rings. The van der Waals surface area contributed by atoms with E-state index in [1.807, 2.05) is 24.3 Å². The van der Waals surface area contributed by atoms with Gasteiger partial charge in [-0.2, -0.15) is 9.97 Å². The van der Waals surface area contributed by atoms with Crippen LogP contribution in [-0.2, 0) is 0 Å². The van der Waals surface area contributed by atoms with Crippen molar-refractivity contribution in [3.63, 3.8) is 0 Å². The molecule has 0 aliphatic rings. The van der Waals surface area contributed by atoms with E-state index < -0.39 is 0 Å². The zero-order valence-corrected chi connectivity index (χ0v) is 29.1. The number of hydrogen-bond donors (Lipinski definition) is 0. The van der Waals surface area contributed by atoms with Crippen molar-refractivity contribution in [1.82, 2.24) is 24.1 Å². The quantitative estimate of drug-likeness (QED) is 0.181. The third-order valence-electron chi connectivity index (χ3n) is 10.6. The van der Waals surface area contributed by atoms with Gasteiger partial charge in [0.05, 0.1) is 22.1 Å². The van der Waals surface area contributed by atoms with Gasteiger partial charge < -0.3 is 4.57 Å². The van der Waals surface area contributed by atoms with Crippen LogP contribution in [0.3, 0.4) is 0 Å². The van der Waals surface area contributed by atoms with Crippen molar-refractivity contribution in [2.24, 2.45) is 0 Å². The second-order valence-corrected chi connectivity index (χ2v) is 13.7. The van der Waals surface area contributed by atoms with E-state index in [0.717, 1.165) is 60.5 Å². The monoisotopic (exact) mass is 689 g/mol. The first-order chi connectivity index (χ1) is 26.8. The highest BCUT2D eigenvalue weighted by Crippen LogP contribution is 2.39. The van der Waals surface area contributed by atoms with Crippen LogP contribution in [0.5, 0.6) is 0 Å². The Labute approximate surface area is 311 Å². The van der Waals surface area contributed by atoms with Gasteiger partial charge in [-0.15, -0.1) is 0 Å². The average molecular weight is 690 g/mol. The number of nitrogens with zero attached hydrogens (tertiary/aromatic N) is 5. The van der Waals surface area contributed by atoms with Gasteiger partial charge in [0.1, 0.15) is 0 Å². The summed E-state index contributed by atoms with van der Waals surface area (Å²) in [6.07, 6.45) is 0. The lowest BCUT2D eigenvalue weighted by molar-refractivity contribution is 0.954. The topological polar surface area (TPSA) is 48.5 Å². The summed E-state index contributed by atoms with van der Waals surface area (Å²) in [7, 11) is 0. The SMILES string of the molecule is c1ccc(-c2cccc(-c3nc(-c4ccccc4)nc(-n4c5cc(-n6c7ccccc7c7ccccc76)ccc5c5ccc6ccccc6c54)n3)c2)cc1. The number of fused-ring (bicyclic) bond motifs is 8. The molecule has 8 aromatic carbocycles. The molecule has 0 saturated heterocycles. The smallest absolute Gasteiger partial charge is 0.238 e. The minimum absolute atomic E-state index is 0.569. The number of para-hydroxylation sites is 2. The molecule has 252 valence electrons. The lowest BCUT2D eigenvalue weighted by Gasteiger charge is -2.13. The fraction of sp³-hybridized carbons (Fsp3) is 0. The highest BCUT2D eigenvalue weighted by molar-refractivity contribution is 6.19. The van der Waals surface area contributed by atoms with Crippen molar-refractivity contribution >= 4 is 54.4 Å². The molecular weight excluding hydrogens is 659 g/mol. The van der Waals surface area contributed by atoms with Gasteiger partial charge >= 0.3 is 0 Å². The molecule has 0 amide bonds. The number of hydrogen-bond acceptors (Lipinski definition) is 3. The van der Waals surface area contributed by atoms with Gasteiger partial charge in [-0.05, 0) is 46.8 Å². The molecule has 0 saturated carbocycles. The van der Waals surface area contributed by atoms with E-state index in [4.69, 9.17) is 15.0 Å². The third kappa shape index (κ3) is 4.76. The Morgan fingerprint density at radius 1 is 0.315 bits per heavy atom. The Bertz CT molecular complexity index is 3160. The first-order valence-corrected chi connectivity index (χ1v) is 18.2. The van der Waals surface area contributed by atoms with Crippen molar-refractivity contribution in [2.45, 2.75) is 0 Å². The first-order valence-electron chi connectivity index (χ1n) is 18.2. The molecule has 3 aromatic heterocycles. The van der Waals surface area contributed by atoms with Crippen LogP contribution in [0.25, 0.3) is 99.9 Å². The van der Waals surface area contributed by atoms with Crippen LogP contribution in [0.1, 0.15) is 0 Å². The van der Waals surface area contributed by atoms with E-state index in [9.17, 15) is 0 Å². The summed E-state index contributed by atoms with van der Waals surface area (Å²) in [5.41, 5.74) is 9.59. The van der Waals surface area contributed by atoms with E-state index >= 15 is 0 Å². The molecule has 0 atom stereocenters. The molecule has 0 aliphatic carbocycles. The number of aromatic nitrogens is 5. The first kappa shape index (κ1) is 30.3. The standard InChI is InChI=1S/C49H31N5/c1-3-14-32(15-4-1)35-19-13-20-36(30-35)48-50-47(34-17-5-2-6-18-34)51-49(52-48)54-45-31-37(53-43-24-11-9-22-39(43)40-23-10-12-25-44(40)53)27-29-41(45)42-28-26-33-16-7-8-21-38(33)46(42)54/h1-31H. The molecule has 11 rings (SSSR count). The van der Waals surface area contributed by atoms with Crippen molar-refractivity contribution < 1.29 is 0 Å². The zero-order chi connectivity index (χ0) is 35.6. The van der Waals surface area contributed by atoms with Crippen LogP contribution >= 0.6 is 0 Å². The summed E-state index contributed by atoms with van der Waals surface area (Å²) >= 11 is 0. The second kappa shape index (κ2) is 12.1. The number of rotatable bonds is 5. The van der Waals surface area contributed by atoms with Gasteiger partial charge in [-0.3, -0.25) is 4.57 Å². The summed E-state index contributed by atoms with van der Waals surface area (Å²) in [5, 5.41) is 7.03. The van der Waals surface area contributed by atoms with Gasteiger partial charge in [-0.25, -0.2) is 4.98 Å². The molecule has 5 heteroatoms. The highest BCUT2D eigenvalue weighted by atomic mass is 15.2. The average Bonchev–Trinajstić information content (AvgIpc) is 3.77. The van der Waals surface area contributed by atoms with Gasteiger partial charge in [0, 0.05) is 43.7 Å². The van der Waals surface area contributed by atoms with Gasteiger partial charge in [0.2, 0.25) is 5.95 Å². The molecule has 0 spiro atoms. The molecule has 0 unspecified atom stereocenters. The van der Waals surface area contributed by atoms with E-state index in [0.29, 0.717) is 17.6 Å². The molecule has 0 aliphatic heterocycles. The molecular formula is C49H31N5. The Kier molecular flexibility index (Phi) is 6.79. The Morgan fingerprint density at radius 3 is 1.61 bits per heavy atom. The minimum atomic E-state index is 0.569. The fourth-order valence-electron chi connectivity index (χ4n) is 8.09. The summed E-state index contributed by atoms with van der Waals surface area (Å²) in [5.74, 6) is 1.81. The van der Waals surface area contributed by atoms with E-state index in [1.165, 1.54) is 21.8 Å². The molecule has 3 heterocycles. The van der Waals surface area contributed by atoms with Gasteiger partial charge in [-0.1, -0.05) is 158 Å². The predicted octanol–water partition coefficient (Wildman–Crippen LogP) is 12.2. The Hall–Kier alpha value is -7.37. The van der Waals surface area contributed by atoms with Crippen LogP contribution in [0, 0.1) is 0 Å². The lowest BCUT2D eigenvalue weighted by atomic mass is 10.0. The zero-order valence-electron chi connectivity index (χ0n) is 29.1. The summed E-state index contributed by atoms with van der Waals surface area (Å²) in [4.78, 5) is 15.8. The molecule has 5 nitrogen and oxygen atoms in total. The van der Waals surface area contributed by atoms with E-state index in [1.54, 1.807) is 0 Å². The largest absolute Gasteiger partial charge is 0.309 e. The Balaban J connectivity index is 1.23. The normalized spacial score (nSPS) is 11.7.